The number of carbonyl (C=O) groups is 3. The molecule has 8 heteroatoms. The summed E-state index contributed by atoms with van der Waals surface area (Å²) >= 11 is 0. The molecule has 2 aliphatic rings. The molecule has 8 nitrogen and oxygen atoms in total. The van der Waals surface area contributed by atoms with Crippen LogP contribution in [0, 0.1) is 5.92 Å². The Kier molecular flexibility index (Phi) is 6.16. The minimum Gasteiger partial charge on any atom is -0.447 e. The van der Waals surface area contributed by atoms with Crippen molar-refractivity contribution in [2.24, 2.45) is 5.92 Å². The van der Waals surface area contributed by atoms with Crippen molar-refractivity contribution >= 4 is 18.1 Å². The number of imide groups is 1. The molecule has 0 unspecified atom stereocenters. The molecule has 0 bridgehead atoms. The molecule has 148 valence electrons. The van der Waals surface area contributed by atoms with E-state index in [1.165, 1.54) is 4.90 Å². The van der Waals surface area contributed by atoms with E-state index < -0.39 is 35.8 Å². The minimum atomic E-state index is -1.06. The smallest absolute Gasteiger partial charge is 0.416 e. The Labute approximate surface area is 154 Å². The lowest BCUT2D eigenvalue weighted by molar-refractivity contribution is -0.132. The van der Waals surface area contributed by atoms with Crippen molar-refractivity contribution in [3.63, 3.8) is 0 Å². The standard InChI is InChI=1S/C18H30N2O6/c1-11(2)13-10-25-17(24)20(13)15(22)9-14(21)12-7-6-8-19(12)16(23)26-18(3,4)5/h11-14,21H,6-10H2,1-5H3/t12-,13-,14-/m0/s1. The van der Waals surface area contributed by atoms with Gasteiger partial charge < -0.3 is 19.5 Å². The van der Waals surface area contributed by atoms with Gasteiger partial charge in [0.25, 0.3) is 0 Å². The highest BCUT2D eigenvalue weighted by molar-refractivity contribution is 5.93. The summed E-state index contributed by atoms with van der Waals surface area (Å²) in [5.74, 6) is -0.415. The number of rotatable bonds is 4. The van der Waals surface area contributed by atoms with Gasteiger partial charge in [-0.15, -0.1) is 0 Å². The number of amides is 3. The highest BCUT2D eigenvalue weighted by atomic mass is 16.6. The van der Waals surface area contributed by atoms with Gasteiger partial charge in [0, 0.05) is 6.54 Å². The van der Waals surface area contributed by atoms with Gasteiger partial charge in [0.1, 0.15) is 12.2 Å². The molecule has 3 atom stereocenters. The van der Waals surface area contributed by atoms with Crippen molar-refractivity contribution < 1.29 is 29.0 Å². The van der Waals surface area contributed by atoms with Crippen LogP contribution in [0.5, 0.6) is 0 Å². The fourth-order valence-corrected chi connectivity index (χ4v) is 3.37. The first-order valence-corrected chi connectivity index (χ1v) is 9.17. The summed E-state index contributed by atoms with van der Waals surface area (Å²) in [6.07, 6.45) is -1.13. The number of cyclic esters (lactones) is 1. The molecule has 1 N–H and O–H groups in total. The van der Waals surface area contributed by atoms with Crippen molar-refractivity contribution in [1.82, 2.24) is 9.80 Å². The summed E-state index contributed by atoms with van der Waals surface area (Å²) in [5, 5.41) is 10.6. The maximum absolute atomic E-state index is 12.6. The normalized spacial score (nSPS) is 24.8. The van der Waals surface area contributed by atoms with Crippen LogP contribution in [-0.4, -0.2) is 69.9 Å². The van der Waals surface area contributed by atoms with Gasteiger partial charge in [0.2, 0.25) is 5.91 Å². The molecule has 0 spiro atoms. The molecule has 0 saturated carbocycles. The average molecular weight is 370 g/mol. The molecule has 26 heavy (non-hydrogen) atoms. The molecule has 2 aliphatic heterocycles. The van der Waals surface area contributed by atoms with E-state index in [9.17, 15) is 19.5 Å². The summed E-state index contributed by atoms with van der Waals surface area (Å²) in [6, 6.07) is -0.822. The van der Waals surface area contributed by atoms with Crippen LogP contribution in [0.2, 0.25) is 0 Å². The fraction of sp³-hybridized carbons (Fsp3) is 0.833. The van der Waals surface area contributed by atoms with Crippen LogP contribution in [0.3, 0.4) is 0 Å². The largest absolute Gasteiger partial charge is 0.447 e. The lowest BCUT2D eigenvalue weighted by Gasteiger charge is -2.31. The summed E-state index contributed by atoms with van der Waals surface area (Å²) in [5.41, 5.74) is -0.630. The second-order valence-corrected chi connectivity index (χ2v) is 8.31. The van der Waals surface area contributed by atoms with Crippen molar-refractivity contribution in [3.8, 4) is 0 Å². The monoisotopic (exact) mass is 370 g/mol. The Morgan fingerprint density at radius 2 is 1.96 bits per heavy atom. The Hall–Kier alpha value is -1.83. The number of carbonyl (C=O) groups excluding carboxylic acids is 3. The predicted molar refractivity (Wildman–Crippen MR) is 93.4 cm³/mol. The molecule has 2 saturated heterocycles. The van der Waals surface area contributed by atoms with E-state index in [0.717, 1.165) is 11.3 Å². The van der Waals surface area contributed by atoms with Crippen LogP contribution >= 0.6 is 0 Å². The summed E-state index contributed by atoms with van der Waals surface area (Å²) in [7, 11) is 0. The van der Waals surface area contributed by atoms with E-state index in [1.54, 1.807) is 20.8 Å². The Morgan fingerprint density at radius 3 is 2.54 bits per heavy atom. The topological polar surface area (TPSA) is 96.4 Å². The zero-order valence-corrected chi connectivity index (χ0v) is 16.2. The Morgan fingerprint density at radius 1 is 1.31 bits per heavy atom. The third kappa shape index (κ3) is 4.66. The van der Waals surface area contributed by atoms with Crippen LogP contribution in [0.15, 0.2) is 0 Å². The summed E-state index contributed by atoms with van der Waals surface area (Å²) < 4.78 is 10.4. The first-order chi connectivity index (χ1) is 12.0. The van der Waals surface area contributed by atoms with Crippen LogP contribution < -0.4 is 0 Å². The van der Waals surface area contributed by atoms with Gasteiger partial charge in [-0.3, -0.25) is 4.79 Å². The number of likely N-dealkylation sites (tertiary alicyclic amines) is 1. The molecular weight excluding hydrogens is 340 g/mol. The second-order valence-electron chi connectivity index (χ2n) is 8.31. The lowest BCUT2D eigenvalue weighted by Crippen LogP contribution is -2.48. The Balaban J connectivity index is 2.01. The van der Waals surface area contributed by atoms with Gasteiger partial charge >= 0.3 is 12.2 Å². The van der Waals surface area contributed by atoms with E-state index in [4.69, 9.17) is 9.47 Å². The zero-order valence-electron chi connectivity index (χ0n) is 16.2. The van der Waals surface area contributed by atoms with Gasteiger partial charge in [-0.05, 0) is 39.5 Å². The third-order valence-corrected chi connectivity index (χ3v) is 4.70. The van der Waals surface area contributed by atoms with Crippen molar-refractivity contribution in [2.45, 2.75) is 77.7 Å². The summed E-state index contributed by atoms with van der Waals surface area (Å²) in [6.45, 7) is 9.80. The minimum absolute atomic E-state index is 0.0623. The lowest BCUT2D eigenvalue weighted by atomic mass is 10.0. The van der Waals surface area contributed by atoms with Crippen molar-refractivity contribution in [1.29, 1.82) is 0 Å². The maximum atomic E-state index is 12.6. The van der Waals surface area contributed by atoms with E-state index in [1.807, 2.05) is 13.8 Å². The second kappa shape index (κ2) is 7.82. The predicted octanol–water partition coefficient (Wildman–Crippen LogP) is 2.14. The fourth-order valence-electron chi connectivity index (χ4n) is 3.37. The highest BCUT2D eigenvalue weighted by Gasteiger charge is 2.42. The molecule has 2 fully saturated rings. The van der Waals surface area contributed by atoms with E-state index in [0.29, 0.717) is 13.0 Å². The summed E-state index contributed by atoms with van der Waals surface area (Å²) in [4.78, 5) is 39.4. The highest BCUT2D eigenvalue weighted by Crippen LogP contribution is 2.26. The van der Waals surface area contributed by atoms with Crippen LogP contribution in [0.25, 0.3) is 0 Å². The SMILES string of the molecule is CC(C)[C@@H]1COC(=O)N1C(=O)C[C@H](O)[C@@H]1CCCN1C(=O)OC(C)(C)C. The quantitative estimate of drug-likeness (QED) is 0.814. The molecule has 2 rings (SSSR count). The van der Waals surface area contributed by atoms with E-state index >= 15 is 0 Å². The molecule has 0 aromatic rings. The first-order valence-electron chi connectivity index (χ1n) is 9.17. The number of hydrogen-bond donors (Lipinski definition) is 1. The molecule has 0 aliphatic carbocycles. The zero-order chi connectivity index (χ0) is 19.6. The van der Waals surface area contributed by atoms with Gasteiger partial charge in [0.05, 0.1) is 24.6 Å². The van der Waals surface area contributed by atoms with Gasteiger partial charge in [-0.1, -0.05) is 13.8 Å². The number of aliphatic hydroxyl groups excluding tert-OH is 1. The molecule has 0 radical (unpaired) electrons. The van der Waals surface area contributed by atoms with Gasteiger partial charge in [-0.25, -0.2) is 14.5 Å². The molecular formula is C18H30N2O6. The van der Waals surface area contributed by atoms with E-state index in [-0.39, 0.29) is 25.0 Å². The molecule has 0 aromatic heterocycles. The van der Waals surface area contributed by atoms with E-state index in [2.05, 4.69) is 0 Å². The maximum Gasteiger partial charge on any atom is 0.416 e. The van der Waals surface area contributed by atoms with Crippen LogP contribution in [-0.2, 0) is 14.3 Å². The number of aliphatic hydroxyl groups is 1. The van der Waals surface area contributed by atoms with Crippen molar-refractivity contribution in [2.75, 3.05) is 13.2 Å². The van der Waals surface area contributed by atoms with Gasteiger partial charge in [-0.2, -0.15) is 0 Å². The third-order valence-electron chi connectivity index (χ3n) is 4.70. The average Bonchev–Trinajstić information content (AvgIpc) is 3.11. The van der Waals surface area contributed by atoms with Crippen molar-refractivity contribution in [3.05, 3.63) is 0 Å². The molecule has 3 amide bonds. The first kappa shape index (κ1) is 20.5. The number of nitrogens with zero attached hydrogens (tertiary/aromatic N) is 2. The van der Waals surface area contributed by atoms with Crippen LogP contribution in [0.1, 0.15) is 53.9 Å². The Bertz CT molecular complexity index is 556. The molecule has 0 aromatic carbocycles. The number of hydrogen-bond acceptors (Lipinski definition) is 6. The number of ether oxygens (including phenoxy) is 2. The van der Waals surface area contributed by atoms with Crippen LogP contribution in [0.4, 0.5) is 9.59 Å². The van der Waals surface area contributed by atoms with Gasteiger partial charge in [0.15, 0.2) is 0 Å². The molecule has 2 heterocycles.